The first-order chi connectivity index (χ1) is 9.45. The highest BCUT2D eigenvalue weighted by Gasteiger charge is 2.24. The zero-order valence-electron chi connectivity index (χ0n) is 12.0. The fraction of sp³-hybridized carbons (Fsp3) is 0.579. The smallest absolute Gasteiger partial charge is 0.00637 e. The lowest BCUT2D eigenvalue weighted by Crippen LogP contribution is -2.00. The van der Waals surface area contributed by atoms with E-state index < -0.39 is 0 Å². The zero-order chi connectivity index (χ0) is 12.9. The van der Waals surface area contributed by atoms with E-state index in [9.17, 15) is 0 Å². The molecular weight excluding hydrogens is 228 g/mol. The van der Waals surface area contributed by atoms with Gasteiger partial charge >= 0.3 is 0 Å². The molecule has 1 atom stereocenters. The maximum Gasteiger partial charge on any atom is 0.00637 e. The van der Waals surface area contributed by atoms with E-state index in [1.165, 1.54) is 69.8 Å². The Morgan fingerprint density at radius 1 is 0.789 bits per heavy atom. The van der Waals surface area contributed by atoms with Crippen molar-refractivity contribution in [3.8, 4) is 0 Å². The van der Waals surface area contributed by atoms with Crippen LogP contribution < -0.4 is 0 Å². The number of fused-ring (bicyclic) bond motifs is 3. The van der Waals surface area contributed by atoms with Crippen molar-refractivity contribution < 1.29 is 0 Å². The van der Waals surface area contributed by atoms with Crippen LogP contribution in [0.25, 0.3) is 0 Å². The Labute approximate surface area is 117 Å². The van der Waals surface area contributed by atoms with Crippen LogP contribution in [-0.2, 0) is 0 Å². The third-order valence-electron chi connectivity index (χ3n) is 4.74. The van der Waals surface area contributed by atoms with E-state index in [0.717, 1.165) is 0 Å². The van der Waals surface area contributed by atoms with Crippen molar-refractivity contribution in [2.24, 2.45) is 0 Å². The van der Waals surface area contributed by atoms with Crippen LogP contribution in [0.2, 0.25) is 0 Å². The second-order valence-electron chi connectivity index (χ2n) is 6.16. The van der Waals surface area contributed by atoms with Gasteiger partial charge in [-0.1, -0.05) is 74.8 Å². The van der Waals surface area contributed by atoms with Gasteiger partial charge in [0.15, 0.2) is 0 Å². The zero-order valence-corrected chi connectivity index (χ0v) is 12.0. The molecule has 1 aromatic carbocycles. The minimum Gasteiger partial charge on any atom is -0.0619 e. The fourth-order valence-electron chi connectivity index (χ4n) is 3.65. The lowest BCUT2D eigenvalue weighted by atomic mass is 9.87. The standard InChI is InChI=1S/C19H25/c1-2-4-6-8-13-18-16(11-7-5-3-1)15-17-12-9-10-14-19(17)18/h9-10,12,14,18H,1-8,11,13H2. The topological polar surface area (TPSA) is 0 Å². The van der Waals surface area contributed by atoms with Gasteiger partial charge in [0.05, 0.1) is 0 Å². The summed E-state index contributed by atoms with van der Waals surface area (Å²) in [5.74, 6) is 0.690. The lowest BCUT2D eigenvalue weighted by Gasteiger charge is -2.17. The normalized spacial score (nSPS) is 24.6. The summed E-state index contributed by atoms with van der Waals surface area (Å²) in [6.07, 6.45) is 17.7. The number of hydrogen-bond donors (Lipinski definition) is 0. The summed E-state index contributed by atoms with van der Waals surface area (Å²) in [4.78, 5) is 0. The van der Waals surface area contributed by atoms with Crippen molar-refractivity contribution in [3.63, 3.8) is 0 Å². The Bertz CT molecular complexity index is 441. The van der Waals surface area contributed by atoms with Crippen LogP contribution in [0.3, 0.4) is 0 Å². The van der Waals surface area contributed by atoms with Gasteiger partial charge in [0.1, 0.15) is 0 Å². The van der Waals surface area contributed by atoms with Gasteiger partial charge in [-0.3, -0.25) is 0 Å². The van der Waals surface area contributed by atoms with Crippen LogP contribution in [0, 0.1) is 6.08 Å². The molecule has 0 heterocycles. The van der Waals surface area contributed by atoms with E-state index in [1.807, 2.05) is 0 Å². The van der Waals surface area contributed by atoms with Gasteiger partial charge < -0.3 is 0 Å². The van der Waals surface area contributed by atoms with E-state index in [1.54, 1.807) is 11.1 Å². The molecule has 0 aromatic heterocycles. The predicted octanol–water partition coefficient (Wildman–Crippen LogP) is 5.78. The second kappa shape index (κ2) is 6.41. The van der Waals surface area contributed by atoms with Gasteiger partial charge in [-0.25, -0.2) is 0 Å². The summed E-state index contributed by atoms with van der Waals surface area (Å²) in [6, 6.07) is 8.92. The third-order valence-corrected chi connectivity index (χ3v) is 4.74. The second-order valence-corrected chi connectivity index (χ2v) is 6.16. The molecule has 0 nitrogen and oxygen atoms in total. The average Bonchev–Trinajstić information content (AvgIpc) is 2.77. The molecule has 0 spiro atoms. The van der Waals surface area contributed by atoms with Crippen LogP contribution in [0.1, 0.15) is 81.3 Å². The molecule has 1 saturated carbocycles. The quantitative estimate of drug-likeness (QED) is 0.550. The Kier molecular flexibility index (Phi) is 4.37. The lowest BCUT2D eigenvalue weighted by molar-refractivity contribution is 0.522. The number of hydrogen-bond acceptors (Lipinski definition) is 0. The maximum absolute atomic E-state index is 3.71. The molecule has 0 bridgehead atoms. The van der Waals surface area contributed by atoms with Gasteiger partial charge in [0, 0.05) is 5.92 Å². The van der Waals surface area contributed by atoms with Crippen molar-refractivity contribution in [1.82, 2.24) is 0 Å². The molecular formula is C19H25. The molecule has 1 fully saturated rings. The molecule has 0 amide bonds. The minimum atomic E-state index is 0.690. The number of rotatable bonds is 0. The molecule has 101 valence electrons. The average molecular weight is 253 g/mol. The highest BCUT2D eigenvalue weighted by Crippen LogP contribution is 2.40. The van der Waals surface area contributed by atoms with Gasteiger partial charge in [-0.15, -0.1) is 0 Å². The summed E-state index contributed by atoms with van der Waals surface area (Å²) < 4.78 is 0. The molecule has 0 saturated heterocycles. The Hall–Kier alpha value is -1.04. The van der Waals surface area contributed by atoms with Crippen LogP contribution in [0.4, 0.5) is 0 Å². The minimum absolute atomic E-state index is 0.690. The van der Waals surface area contributed by atoms with E-state index in [2.05, 4.69) is 30.3 Å². The molecule has 0 N–H and O–H groups in total. The highest BCUT2D eigenvalue weighted by atomic mass is 14.3. The third kappa shape index (κ3) is 3.11. The van der Waals surface area contributed by atoms with Crippen LogP contribution in [-0.4, -0.2) is 0 Å². The summed E-state index contributed by atoms with van der Waals surface area (Å²) in [5.41, 5.74) is 4.52. The van der Waals surface area contributed by atoms with E-state index >= 15 is 0 Å². The van der Waals surface area contributed by atoms with Crippen molar-refractivity contribution in [2.75, 3.05) is 0 Å². The maximum atomic E-state index is 3.71. The SMILES string of the molecule is [C]1=C2CCCCCCCCCCC2c2ccccc21. The van der Waals surface area contributed by atoms with Crippen LogP contribution in [0.15, 0.2) is 29.8 Å². The first-order valence-corrected chi connectivity index (χ1v) is 8.17. The van der Waals surface area contributed by atoms with Crippen molar-refractivity contribution in [2.45, 2.75) is 70.1 Å². The molecule has 0 aliphatic heterocycles. The van der Waals surface area contributed by atoms with Gasteiger partial charge in [0.2, 0.25) is 0 Å². The van der Waals surface area contributed by atoms with Gasteiger partial charge in [0.25, 0.3) is 0 Å². The summed E-state index contributed by atoms with van der Waals surface area (Å²) in [7, 11) is 0. The number of allylic oxidation sites excluding steroid dienone is 1. The Balaban J connectivity index is 1.75. The molecule has 3 rings (SSSR count). The van der Waals surface area contributed by atoms with Gasteiger partial charge in [-0.2, -0.15) is 0 Å². The van der Waals surface area contributed by atoms with Crippen molar-refractivity contribution in [1.29, 1.82) is 0 Å². The van der Waals surface area contributed by atoms with E-state index in [4.69, 9.17) is 0 Å². The monoisotopic (exact) mass is 253 g/mol. The fourth-order valence-corrected chi connectivity index (χ4v) is 3.65. The summed E-state index contributed by atoms with van der Waals surface area (Å²) in [6.45, 7) is 0. The first-order valence-electron chi connectivity index (χ1n) is 8.17. The molecule has 19 heavy (non-hydrogen) atoms. The molecule has 1 unspecified atom stereocenters. The van der Waals surface area contributed by atoms with Crippen LogP contribution in [0.5, 0.6) is 0 Å². The Morgan fingerprint density at radius 3 is 2.32 bits per heavy atom. The highest BCUT2D eigenvalue weighted by molar-refractivity contribution is 5.46. The van der Waals surface area contributed by atoms with Crippen LogP contribution >= 0.6 is 0 Å². The first kappa shape index (κ1) is 13.0. The molecule has 0 heteroatoms. The summed E-state index contributed by atoms with van der Waals surface area (Å²) >= 11 is 0. The van der Waals surface area contributed by atoms with E-state index in [-0.39, 0.29) is 0 Å². The largest absolute Gasteiger partial charge is 0.0619 e. The van der Waals surface area contributed by atoms with Crippen molar-refractivity contribution in [3.05, 3.63) is 47.0 Å². The molecule has 2 aliphatic rings. The van der Waals surface area contributed by atoms with E-state index in [0.29, 0.717) is 5.92 Å². The molecule has 1 radical (unpaired) electrons. The number of benzene rings is 1. The Morgan fingerprint density at radius 2 is 1.47 bits per heavy atom. The predicted molar refractivity (Wildman–Crippen MR) is 81.2 cm³/mol. The molecule has 1 aromatic rings. The van der Waals surface area contributed by atoms with Gasteiger partial charge in [-0.05, 0) is 36.5 Å². The summed E-state index contributed by atoms with van der Waals surface area (Å²) in [5, 5.41) is 0. The molecule has 2 aliphatic carbocycles. The van der Waals surface area contributed by atoms with Crippen molar-refractivity contribution >= 4 is 0 Å².